The summed E-state index contributed by atoms with van der Waals surface area (Å²) in [5, 5.41) is 0. The Morgan fingerprint density at radius 2 is 1.80 bits per heavy atom. The molecule has 1 saturated heterocycles. The summed E-state index contributed by atoms with van der Waals surface area (Å²) in [5.41, 5.74) is 7.86. The van der Waals surface area contributed by atoms with Crippen molar-refractivity contribution < 1.29 is 0 Å². The highest BCUT2D eigenvalue weighted by atomic mass is 79.9. The smallest absolute Gasteiger partial charge is 0.0399 e. The summed E-state index contributed by atoms with van der Waals surface area (Å²) in [6, 6.07) is 6.09. The van der Waals surface area contributed by atoms with E-state index in [1.54, 1.807) is 0 Å². The third-order valence-electron chi connectivity index (χ3n) is 2.77. The molecular weight excluding hydrogens is 254 g/mol. The molecule has 1 heterocycles. The molecule has 3 nitrogen and oxygen atoms in total. The van der Waals surface area contributed by atoms with Crippen molar-refractivity contribution in [3.05, 3.63) is 22.7 Å². The SMILES string of the molecule is CN1CCN(c2cc(N)cc(Br)c2)CC1. The van der Waals surface area contributed by atoms with Crippen molar-refractivity contribution in [2.75, 3.05) is 43.9 Å². The Kier molecular flexibility index (Phi) is 3.17. The van der Waals surface area contributed by atoms with Crippen molar-refractivity contribution in [2.45, 2.75) is 0 Å². The topological polar surface area (TPSA) is 32.5 Å². The molecule has 0 unspecified atom stereocenters. The largest absolute Gasteiger partial charge is 0.399 e. The minimum atomic E-state index is 0.818. The summed E-state index contributed by atoms with van der Waals surface area (Å²) in [6.45, 7) is 4.39. The van der Waals surface area contributed by atoms with Crippen LogP contribution in [0, 0.1) is 0 Å². The molecule has 0 bridgehead atoms. The van der Waals surface area contributed by atoms with Gasteiger partial charge in [-0.1, -0.05) is 15.9 Å². The van der Waals surface area contributed by atoms with E-state index in [0.29, 0.717) is 0 Å². The first-order chi connectivity index (χ1) is 7.15. The van der Waals surface area contributed by atoms with Gasteiger partial charge in [0.15, 0.2) is 0 Å². The van der Waals surface area contributed by atoms with E-state index in [1.165, 1.54) is 5.69 Å². The number of hydrogen-bond acceptors (Lipinski definition) is 3. The molecule has 1 aromatic carbocycles. The van der Waals surface area contributed by atoms with Gasteiger partial charge in [0.1, 0.15) is 0 Å². The lowest BCUT2D eigenvalue weighted by Gasteiger charge is -2.34. The first-order valence-electron chi connectivity index (χ1n) is 5.15. The van der Waals surface area contributed by atoms with Crippen LogP contribution in [-0.4, -0.2) is 38.1 Å². The maximum atomic E-state index is 5.83. The van der Waals surface area contributed by atoms with E-state index in [0.717, 1.165) is 36.3 Å². The first-order valence-corrected chi connectivity index (χ1v) is 5.94. The lowest BCUT2D eigenvalue weighted by Crippen LogP contribution is -2.44. The van der Waals surface area contributed by atoms with Crippen LogP contribution in [0.25, 0.3) is 0 Å². The van der Waals surface area contributed by atoms with Crippen molar-refractivity contribution in [3.63, 3.8) is 0 Å². The highest BCUT2D eigenvalue weighted by molar-refractivity contribution is 9.10. The molecule has 0 spiro atoms. The second-order valence-electron chi connectivity index (χ2n) is 4.03. The molecule has 0 atom stereocenters. The number of nitrogens with two attached hydrogens (primary N) is 1. The Morgan fingerprint density at radius 1 is 1.13 bits per heavy atom. The van der Waals surface area contributed by atoms with Gasteiger partial charge in [0.2, 0.25) is 0 Å². The molecule has 1 aliphatic rings. The van der Waals surface area contributed by atoms with Crippen LogP contribution in [-0.2, 0) is 0 Å². The maximum absolute atomic E-state index is 5.83. The number of rotatable bonds is 1. The van der Waals surface area contributed by atoms with Crippen molar-refractivity contribution in [1.82, 2.24) is 4.90 Å². The molecule has 2 rings (SSSR count). The Balaban J connectivity index is 2.15. The summed E-state index contributed by atoms with van der Waals surface area (Å²) >= 11 is 3.47. The van der Waals surface area contributed by atoms with Crippen LogP contribution in [0.1, 0.15) is 0 Å². The highest BCUT2D eigenvalue weighted by Gasteiger charge is 2.14. The second kappa shape index (κ2) is 4.41. The Hall–Kier alpha value is -0.740. The predicted molar refractivity (Wildman–Crippen MR) is 68.3 cm³/mol. The second-order valence-corrected chi connectivity index (χ2v) is 4.95. The van der Waals surface area contributed by atoms with Crippen LogP contribution in [0.15, 0.2) is 22.7 Å². The number of nitrogen functional groups attached to an aromatic ring is 1. The number of benzene rings is 1. The van der Waals surface area contributed by atoms with Crippen molar-refractivity contribution in [2.24, 2.45) is 0 Å². The zero-order chi connectivity index (χ0) is 10.8. The van der Waals surface area contributed by atoms with Crippen LogP contribution in [0.4, 0.5) is 11.4 Å². The summed E-state index contributed by atoms with van der Waals surface area (Å²) in [7, 11) is 2.16. The van der Waals surface area contributed by atoms with Crippen molar-refractivity contribution in [1.29, 1.82) is 0 Å². The lowest BCUT2D eigenvalue weighted by molar-refractivity contribution is 0.313. The predicted octanol–water partition coefficient (Wildman–Crippen LogP) is 1.78. The summed E-state index contributed by atoms with van der Waals surface area (Å²) in [5.74, 6) is 0. The van der Waals surface area contributed by atoms with Gasteiger partial charge in [-0.2, -0.15) is 0 Å². The van der Waals surface area contributed by atoms with Gasteiger partial charge in [-0.25, -0.2) is 0 Å². The fourth-order valence-corrected chi connectivity index (χ4v) is 2.34. The van der Waals surface area contributed by atoms with E-state index in [4.69, 9.17) is 5.73 Å². The average Bonchev–Trinajstić information content (AvgIpc) is 2.17. The van der Waals surface area contributed by atoms with Crippen LogP contribution < -0.4 is 10.6 Å². The molecule has 1 aliphatic heterocycles. The Morgan fingerprint density at radius 3 is 2.40 bits per heavy atom. The molecule has 4 heteroatoms. The number of likely N-dealkylation sites (N-methyl/N-ethyl adjacent to an activating group) is 1. The molecule has 1 fully saturated rings. The molecule has 0 radical (unpaired) electrons. The Labute approximate surface area is 99.0 Å². The van der Waals surface area contributed by atoms with E-state index < -0.39 is 0 Å². The normalized spacial score (nSPS) is 18.1. The van der Waals surface area contributed by atoms with Gasteiger partial charge < -0.3 is 15.5 Å². The lowest BCUT2D eigenvalue weighted by atomic mass is 10.2. The standard InChI is InChI=1S/C11H16BrN3/c1-14-2-4-15(5-3-14)11-7-9(12)6-10(13)8-11/h6-8H,2-5,13H2,1H3. The molecule has 0 aliphatic carbocycles. The van der Waals surface area contributed by atoms with E-state index in [9.17, 15) is 0 Å². The number of anilines is 2. The molecule has 2 N–H and O–H groups in total. The third-order valence-corrected chi connectivity index (χ3v) is 3.23. The van der Waals surface area contributed by atoms with Crippen LogP contribution in [0.2, 0.25) is 0 Å². The summed E-state index contributed by atoms with van der Waals surface area (Å²) in [6.07, 6.45) is 0. The van der Waals surface area contributed by atoms with Gasteiger partial charge >= 0.3 is 0 Å². The molecular formula is C11H16BrN3. The quantitative estimate of drug-likeness (QED) is 0.790. The molecule has 0 aromatic heterocycles. The third kappa shape index (κ3) is 2.63. The molecule has 15 heavy (non-hydrogen) atoms. The van der Waals surface area contributed by atoms with Crippen molar-refractivity contribution >= 4 is 27.3 Å². The summed E-state index contributed by atoms with van der Waals surface area (Å²) in [4.78, 5) is 4.72. The average molecular weight is 270 g/mol. The van der Waals surface area contributed by atoms with Gasteiger partial charge in [-0.05, 0) is 25.2 Å². The zero-order valence-electron chi connectivity index (χ0n) is 8.91. The van der Waals surface area contributed by atoms with Gasteiger partial charge in [-0.3, -0.25) is 0 Å². The van der Waals surface area contributed by atoms with Crippen LogP contribution in [0.5, 0.6) is 0 Å². The number of piperazine rings is 1. The van der Waals surface area contributed by atoms with Crippen LogP contribution in [0.3, 0.4) is 0 Å². The van der Waals surface area contributed by atoms with Gasteiger partial charge in [-0.15, -0.1) is 0 Å². The fourth-order valence-electron chi connectivity index (χ4n) is 1.84. The Bertz CT molecular complexity index is 325. The van der Waals surface area contributed by atoms with Gasteiger partial charge in [0.25, 0.3) is 0 Å². The maximum Gasteiger partial charge on any atom is 0.0399 e. The first kappa shape index (κ1) is 10.8. The van der Waals surface area contributed by atoms with Crippen molar-refractivity contribution in [3.8, 4) is 0 Å². The molecule has 82 valence electrons. The fraction of sp³-hybridized carbons (Fsp3) is 0.455. The minimum absolute atomic E-state index is 0.818. The molecule has 0 saturated carbocycles. The zero-order valence-corrected chi connectivity index (χ0v) is 10.5. The number of nitrogens with zero attached hydrogens (tertiary/aromatic N) is 2. The number of halogens is 1. The van der Waals surface area contributed by atoms with Gasteiger partial charge in [0, 0.05) is 42.0 Å². The molecule has 1 aromatic rings. The van der Waals surface area contributed by atoms with E-state index in [-0.39, 0.29) is 0 Å². The van der Waals surface area contributed by atoms with E-state index in [2.05, 4.69) is 38.8 Å². The number of hydrogen-bond donors (Lipinski definition) is 1. The minimum Gasteiger partial charge on any atom is -0.399 e. The van der Waals surface area contributed by atoms with E-state index >= 15 is 0 Å². The van der Waals surface area contributed by atoms with E-state index in [1.807, 2.05) is 12.1 Å². The summed E-state index contributed by atoms with van der Waals surface area (Å²) < 4.78 is 1.05. The molecule has 0 amide bonds. The van der Waals surface area contributed by atoms with Crippen LogP contribution >= 0.6 is 15.9 Å². The highest BCUT2D eigenvalue weighted by Crippen LogP contribution is 2.24. The van der Waals surface area contributed by atoms with Gasteiger partial charge in [0.05, 0.1) is 0 Å². The monoisotopic (exact) mass is 269 g/mol.